The number of aryl methyl sites for hydroxylation is 1. The topological polar surface area (TPSA) is 59.8 Å². The van der Waals surface area contributed by atoms with Gasteiger partial charge in [0.15, 0.2) is 5.82 Å². The molecule has 0 aromatic carbocycles. The van der Waals surface area contributed by atoms with E-state index in [0.717, 1.165) is 18.3 Å². The van der Waals surface area contributed by atoms with Gasteiger partial charge >= 0.3 is 0 Å². The van der Waals surface area contributed by atoms with Gasteiger partial charge in [0.25, 0.3) is 0 Å². The van der Waals surface area contributed by atoms with Crippen molar-refractivity contribution < 1.29 is 4.79 Å². The minimum Gasteiger partial charge on any atom is -0.349 e. The van der Waals surface area contributed by atoms with E-state index in [1.165, 1.54) is 32.1 Å². The molecule has 1 aliphatic carbocycles. The highest BCUT2D eigenvalue weighted by molar-refractivity contribution is 5.76. The first-order valence-corrected chi connectivity index (χ1v) is 7.84. The van der Waals surface area contributed by atoms with Crippen molar-refractivity contribution in [2.45, 2.75) is 65.5 Å². The lowest BCUT2D eigenvalue weighted by molar-refractivity contribution is -0.122. The van der Waals surface area contributed by atoms with E-state index in [1.54, 1.807) is 6.33 Å². The third kappa shape index (κ3) is 4.05. The van der Waals surface area contributed by atoms with Crippen LogP contribution in [0.25, 0.3) is 0 Å². The van der Waals surface area contributed by atoms with Gasteiger partial charge in [-0.25, -0.2) is 0 Å². The van der Waals surface area contributed by atoms with Gasteiger partial charge in [0.05, 0.1) is 6.54 Å². The molecule has 1 aliphatic rings. The number of amides is 1. The molecule has 1 saturated carbocycles. The minimum absolute atomic E-state index is 0.133. The first-order chi connectivity index (χ1) is 9.70. The molecule has 0 radical (unpaired) electrons. The molecule has 1 aromatic rings. The Morgan fingerprint density at radius 3 is 2.90 bits per heavy atom. The van der Waals surface area contributed by atoms with Crippen molar-refractivity contribution in [2.24, 2.45) is 11.8 Å². The van der Waals surface area contributed by atoms with Gasteiger partial charge in [-0.05, 0) is 18.8 Å². The molecule has 112 valence electrons. The minimum atomic E-state index is 0.133. The number of nitrogens with zero attached hydrogens (tertiary/aromatic N) is 3. The molecule has 1 heterocycles. The van der Waals surface area contributed by atoms with Crippen LogP contribution in [0.2, 0.25) is 0 Å². The normalized spacial score (nSPS) is 17.9. The fourth-order valence-corrected chi connectivity index (χ4v) is 3.09. The number of aromatic nitrogens is 3. The molecule has 2 rings (SSSR count). The van der Waals surface area contributed by atoms with Crippen LogP contribution in [0.15, 0.2) is 6.33 Å². The lowest BCUT2D eigenvalue weighted by Gasteiger charge is -2.27. The van der Waals surface area contributed by atoms with Gasteiger partial charge in [0.2, 0.25) is 5.91 Å². The summed E-state index contributed by atoms with van der Waals surface area (Å²) in [6, 6.07) is 0. The molecule has 1 fully saturated rings. The second-order valence-electron chi connectivity index (χ2n) is 5.89. The Morgan fingerprint density at radius 2 is 2.20 bits per heavy atom. The van der Waals surface area contributed by atoms with E-state index in [1.807, 2.05) is 11.5 Å². The lowest BCUT2D eigenvalue weighted by Crippen LogP contribution is -2.28. The number of hydrogen-bond acceptors (Lipinski definition) is 3. The van der Waals surface area contributed by atoms with Crippen LogP contribution in [0.4, 0.5) is 0 Å². The molecule has 5 nitrogen and oxygen atoms in total. The van der Waals surface area contributed by atoms with Gasteiger partial charge in [-0.1, -0.05) is 39.0 Å². The Bertz CT molecular complexity index is 423. The van der Waals surface area contributed by atoms with E-state index in [0.29, 0.717) is 18.9 Å². The zero-order chi connectivity index (χ0) is 14.4. The average Bonchev–Trinajstić information content (AvgIpc) is 2.93. The molecule has 0 aliphatic heterocycles. The Balaban J connectivity index is 1.74. The van der Waals surface area contributed by atoms with Crippen molar-refractivity contribution in [1.29, 1.82) is 0 Å². The van der Waals surface area contributed by atoms with Gasteiger partial charge in [0.1, 0.15) is 6.33 Å². The maximum absolute atomic E-state index is 12.0. The molecule has 1 aromatic heterocycles. The second-order valence-corrected chi connectivity index (χ2v) is 5.89. The quantitative estimate of drug-likeness (QED) is 0.870. The van der Waals surface area contributed by atoms with Crippen molar-refractivity contribution in [3.05, 3.63) is 12.2 Å². The number of nitrogens with one attached hydrogen (secondary N) is 1. The SMILES string of the molecule is CCn1cnnc1CNC(=O)C[C@@H](C)C1CCCCC1. The van der Waals surface area contributed by atoms with Crippen LogP contribution in [-0.2, 0) is 17.9 Å². The van der Waals surface area contributed by atoms with E-state index in [2.05, 4.69) is 22.4 Å². The van der Waals surface area contributed by atoms with E-state index in [9.17, 15) is 4.79 Å². The van der Waals surface area contributed by atoms with Crippen LogP contribution in [0.3, 0.4) is 0 Å². The first kappa shape index (κ1) is 15.0. The van der Waals surface area contributed by atoms with Crippen LogP contribution in [0.5, 0.6) is 0 Å². The Hall–Kier alpha value is -1.39. The number of carbonyl (C=O) groups excluding carboxylic acids is 1. The van der Waals surface area contributed by atoms with E-state index < -0.39 is 0 Å². The Morgan fingerprint density at radius 1 is 1.45 bits per heavy atom. The van der Waals surface area contributed by atoms with Crippen LogP contribution >= 0.6 is 0 Å². The Labute approximate surface area is 121 Å². The molecule has 0 unspecified atom stereocenters. The van der Waals surface area contributed by atoms with Crippen LogP contribution in [-0.4, -0.2) is 20.7 Å². The van der Waals surface area contributed by atoms with Crippen LogP contribution < -0.4 is 5.32 Å². The van der Waals surface area contributed by atoms with Crippen LogP contribution in [0.1, 0.15) is 58.2 Å². The molecule has 0 bridgehead atoms. The summed E-state index contributed by atoms with van der Waals surface area (Å²) >= 11 is 0. The number of carbonyl (C=O) groups is 1. The van der Waals surface area contributed by atoms with Crippen molar-refractivity contribution in [3.8, 4) is 0 Å². The summed E-state index contributed by atoms with van der Waals surface area (Å²) in [5.74, 6) is 2.17. The molecular formula is C15H26N4O. The molecular weight excluding hydrogens is 252 g/mol. The molecule has 0 spiro atoms. The second kappa shape index (κ2) is 7.41. The third-order valence-electron chi connectivity index (χ3n) is 4.44. The van der Waals surface area contributed by atoms with Crippen molar-refractivity contribution in [1.82, 2.24) is 20.1 Å². The molecule has 1 atom stereocenters. The van der Waals surface area contributed by atoms with E-state index in [-0.39, 0.29) is 5.91 Å². The van der Waals surface area contributed by atoms with Crippen LogP contribution in [0, 0.1) is 11.8 Å². The largest absolute Gasteiger partial charge is 0.349 e. The van der Waals surface area contributed by atoms with Gasteiger partial charge in [-0.3, -0.25) is 4.79 Å². The van der Waals surface area contributed by atoms with E-state index in [4.69, 9.17) is 0 Å². The van der Waals surface area contributed by atoms with Gasteiger partial charge in [0, 0.05) is 13.0 Å². The van der Waals surface area contributed by atoms with Gasteiger partial charge in [-0.15, -0.1) is 10.2 Å². The molecule has 1 amide bonds. The predicted molar refractivity (Wildman–Crippen MR) is 77.9 cm³/mol. The summed E-state index contributed by atoms with van der Waals surface area (Å²) < 4.78 is 1.95. The predicted octanol–water partition coefficient (Wildman–Crippen LogP) is 2.52. The Kier molecular flexibility index (Phi) is 5.56. The van der Waals surface area contributed by atoms with Crippen molar-refractivity contribution >= 4 is 5.91 Å². The molecule has 0 saturated heterocycles. The lowest BCUT2D eigenvalue weighted by atomic mass is 9.79. The fraction of sp³-hybridized carbons (Fsp3) is 0.800. The summed E-state index contributed by atoms with van der Waals surface area (Å²) in [5.41, 5.74) is 0. The number of hydrogen-bond donors (Lipinski definition) is 1. The maximum atomic E-state index is 12.0. The first-order valence-electron chi connectivity index (χ1n) is 7.84. The average molecular weight is 278 g/mol. The summed E-state index contributed by atoms with van der Waals surface area (Å²) in [6.45, 7) is 5.56. The molecule has 5 heteroatoms. The highest BCUT2D eigenvalue weighted by atomic mass is 16.1. The zero-order valence-corrected chi connectivity index (χ0v) is 12.6. The van der Waals surface area contributed by atoms with Crippen molar-refractivity contribution in [2.75, 3.05) is 0 Å². The van der Waals surface area contributed by atoms with E-state index >= 15 is 0 Å². The summed E-state index contributed by atoms with van der Waals surface area (Å²) in [5, 5.41) is 10.9. The maximum Gasteiger partial charge on any atom is 0.220 e. The summed E-state index contributed by atoms with van der Waals surface area (Å²) in [7, 11) is 0. The summed E-state index contributed by atoms with van der Waals surface area (Å²) in [4.78, 5) is 12.0. The highest BCUT2D eigenvalue weighted by Crippen LogP contribution is 2.31. The smallest absolute Gasteiger partial charge is 0.220 e. The summed E-state index contributed by atoms with van der Waals surface area (Å²) in [6.07, 6.45) is 8.93. The monoisotopic (exact) mass is 278 g/mol. The number of rotatable bonds is 6. The highest BCUT2D eigenvalue weighted by Gasteiger charge is 2.22. The van der Waals surface area contributed by atoms with Gasteiger partial charge < -0.3 is 9.88 Å². The fourth-order valence-electron chi connectivity index (χ4n) is 3.09. The van der Waals surface area contributed by atoms with Crippen molar-refractivity contribution in [3.63, 3.8) is 0 Å². The molecule has 1 N–H and O–H groups in total. The van der Waals surface area contributed by atoms with Gasteiger partial charge in [-0.2, -0.15) is 0 Å². The zero-order valence-electron chi connectivity index (χ0n) is 12.6. The molecule has 20 heavy (non-hydrogen) atoms. The third-order valence-corrected chi connectivity index (χ3v) is 4.44. The standard InChI is InChI=1S/C15H26N4O/c1-3-19-11-17-18-14(19)10-16-15(20)9-12(2)13-7-5-4-6-8-13/h11-13H,3-10H2,1-2H3,(H,16,20)/t12-/m1/s1.